The second-order valence-corrected chi connectivity index (χ2v) is 6.45. The lowest BCUT2D eigenvalue weighted by atomic mass is 10.2. The smallest absolute Gasteiger partial charge is 0.396 e. The number of rotatable bonds is 2. The standard InChI is InChI=1S/C15H13N3O4S/c1-18-13(7-3-2-4-8(7)17-18)14(20)16-9-5-11-12(6-10(9)19)23-15(21)22-11/h5-6,19H,2-4H2,1H3,(H,16,20). The number of aromatic hydroxyl groups is 1. The van der Waals surface area contributed by atoms with Gasteiger partial charge < -0.3 is 14.8 Å². The first-order valence-electron chi connectivity index (χ1n) is 7.15. The molecular weight excluding hydrogens is 318 g/mol. The van der Waals surface area contributed by atoms with Gasteiger partial charge in [-0.1, -0.05) is 11.3 Å². The molecule has 1 aliphatic rings. The minimum absolute atomic E-state index is 0.110. The average Bonchev–Trinajstić information content (AvgIpc) is 3.12. The molecule has 0 saturated heterocycles. The summed E-state index contributed by atoms with van der Waals surface area (Å²) in [6, 6.07) is 2.87. The molecule has 7 nitrogen and oxygen atoms in total. The quantitative estimate of drug-likeness (QED) is 0.700. The van der Waals surface area contributed by atoms with Crippen LogP contribution in [0.4, 0.5) is 5.69 Å². The second-order valence-electron chi connectivity index (χ2n) is 5.48. The summed E-state index contributed by atoms with van der Waals surface area (Å²) in [7, 11) is 1.73. The number of aryl methyl sites for hydroxylation is 2. The molecule has 0 fully saturated rings. The van der Waals surface area contributed by atoms with E-state index in [1.807, 2.05) is 0 Å². The van der Waals surface area contributed by atoms with Crippen LogP contribution < -0.4 is 10.3 Å². The molecule has 4 rings (SSSR count). The van der Waals surface area contributed by atoms with E-state index in [2.05, 4.69) is 10.4 Å². The molecule has 2 N–H and O–H groups in total. The van der Waals surface area contributed by atoms with Gasteiger partial charge in [0, 0.05) is 24.7 Å². The first-order chi connectivity index (χ1) is 11.0. The molecule has 0 bridgehead atoms. The topological polar surface area (TPSA) is 97.4 Å². The number of carbonyl (C=O) groups excluding carboxylic acids is 1. The van der Waals surface area contributed by atoms with Crippen LogP contribution in [0.15, 0.2) is 21.3 Å². The monoisotopic (exact) mass is 331 g/mol. The molecule has 23 heavy (non-hydrogen) atoms. The highest BCUT2D eigenvalue weighted by molar-refractivity contribution is 7.16. The molecule has 118 valence electrons. The number of anilines is 1. The Kier molecular flexibility index (Phi) is 3.02. The van der Waals surface area contributed by atoms with Gasteiger partial charge in [-0.15, -0.1) is 0 Å². The summed E-state index contributed by atoms with van der Waals surface area (Å²) < 4.78 is 7.12. The van der Waals surface area contributed by atoms with Crippen LogP contribution in [0, 0.1) is 0 Å². The fourth-order valence-electron chi connectivity index (χ4n) is 2.99. The van der Waals surface area contributed by atoms with Gasteiger partial charge in [0.2, 0.25) is 0 Å². The number of hydrogen-bond acceptors (Lipinski definition) is 6. The van der Waals surface area contributed by atoms with Gasteiger partial charge >= 0.3 is 4.94 Å². The number of nitrogens with one attached hydrogen (secondary N) is 1. The van der Waals surface area contributed by atoms with Crippen molar-refractivity contribution < 1.29 is 14.3 Å². The molecule has 2 heterocycles. The van der Waals surface area contributed by atoms with Gasteiger partial charge in [0.15, 0.2) is 5.58 Å². The summed E-state index contributed by atoms with van der Waals surface area (Å²) in [6.07, 6.45) is 2.71. The van der Waals surface area contributed by atoms with Gasteiger partial charge in [-0.25, -0.2) is 4.79 Å². The number of nitrogens with zero attached hydrogens (tertiary/aromatic N) is 2. The maximum Gasteiger partial charge on any atom is 0.396 e. The number of amides is 1. The van der Waals surface area contributed by atoms with Gasteiger partial charge in [-0.05, 0) is 19.3 Å². The Balaban J connectivity index is 1.72. The Morgan fingerprint density at radius 2 is 2.26 bits per heavy atom. The van der Waals surface area contributed by atoms with Crippen molar-refractivity contribution in [2.24, 2.45) is 7.05 Å². The molecule has 1 amide bonds. The van der Waals surface area contributed by atoms with Crippen LogP contribution in [0.2, 0.25) is 0 Å². The summed E-state index contributed by atoms with van der Waals surface area (Å²) in [6.45, 7) is 0. The number of hydrogen-bond donors (Lipinski definition) is 2. The molecule has 2 aromatic heterocycles. The van der Waals surface area contributed by atoms with E-state index >= 15 is 0 Å². The molecular formula is C15H13N3O4S. The first-order valence-corrected chi connectivity index (χ1v) is 7.97. The SMILES string of the molecule is Cn1nc2c(c1C(=O)Nc1cc3oc(=O)sc3cc1O)CCC2. The molecule has 1 aliphatic carbocycles. The van der Waals surface area contributed by atoms with Gasteiger partial charge in [0.05, 0.1) is 16.1 Å². The molecule has 0 spiro atoms. The summed E-state index contributed by atoms with van der Waals surface area (Å²) in [5.74, 6) is -0.447. The van der Waals surface area contributed by atoms with E-state index in [-0.39, 0.29) is 17.3 Å². The Morgan fingerprint density at radius 3 is 3.09 bits per heavy atom. The van der Waals surface area contributed by atoms with Crippen molar-refractivity contribution in [2.45, 2.75) is 19.3 Å². The first kappa shape index (κ1) is 14.0. The van der Waals surface area contributed by atoms with Gasteiger partial charge in [-0.3, -0.25) is 9.48 Å². The van der Waals surface area contributed by atoms with Crippen molar-refractivity contribution in [1.29, 1.82) is 0 Å². The van der Waals surface area contributed by atoms with Gasteiger partial charge in [-0.2, -0.15) is 5.10 Å². The highest BCUT2D eigenvalue weighted by atomic mass is 32.1. The van der Waals surface area contributed by atoms with Crippen molar-refractivity contribution >= 4 is 33.2 Å². The maximum absolute atomic E-state index is 12.6. The Hall–Kier alpha value is -2.61. The molecule has 1 aromatic carbocycles. The van der Waals surface area contributed by atoms with Crippen LogP contribution in [0.1, 0.15) is 28.2 Å². The summed E-state index contributed by atoms with van der Waals surface area (Å²) in [5, 5.41) is 17.1. The molecule has 0 radical (unpaired) electrons. The zero-order chi connectivity index (χ0) is 16.1. The van der Waals surface area contributed by atoms with E-state index in [1.54, 1.807) is 11.7 Å². The van der Waals surface area contributed by atoms with E-state index < -0.39 is 4.94 Å². The largest absolute Gasteiger partial charge is 0.506 e. The third-order valence-corrected chi connectivity index (χ3v) is 4.77. The van der Waals surface area contributed by atoms with Crippen LogP contribution in [-0.2, 0) is 19.9 Å². The number of fused-ring (bicyclic) bond motifs is 2. The summed E-state index contributed by atoms with van der Waals surface area (Å²) in [5.41, 5.74) is 2.97. The number of aromatic nitrogens is 2. The maximum atomic E-state index is 12.6. The number of phenols is 1. The van der Waals surface area contributed by atoms with Crippen LogP contribution in [-0.4, -0.2) is 20.8 Å². The molecule has 0 aliphatic heterocycles. The molecule has 3 aromatic rings. The highest BCUT2D eigenvalue weighted by Gasteiger charge is 2.25. The van der Waals surface area contributed by atoms with Crippen molar-refractivity contribution in [1.82, 2.24) is 9.78 Å². The number of carbonyl (C=O) groups is 1. The zero-order valence-electron chi connectivity index (χ0n) is 12.3. The van der Waals surface area contributed by atoms with Crippen molar-refractivity contribution in [3.8, 4) is 5.75 Å². The summed E-state index contributed by atoms with van der Waals surface area (Å²) >= 11 is 0.901. The fraction of sp³-hybridized carbons (Fsp3) is 0.267. The predicted octanol–water partition coefficient (Wildman–Crippen LogP) is 2.03. The normalized spacial score (nSPS) is 13.4. The van der Waals surface area contributed by atoms with E-state index in [4.69, 9.17) is 4.42 Å². The molecule has 0 unspecified atom stereocenters. The van der Waals surface area contributed by atoms with E-state index in [0.717, 1.165) is 41.9 Å². The summed E-state index contributed by atoms with van der Waals surface area (Å²) in [4.78, 5) is 23.4. The van der Waals surface area contributed by atoms with Crippen molar-refractivity contribution in [3.63, 3.8) is 0 Å². The fourth-order valence-corrected chi connectivity index (χ4v) is 3.68. The third kappa shape index (κ3) is 2.22. The van der Waals surface area contributed by atoms with Crippen LogP contribution in [0.5, 0.6) is 5.75 Å². The van der Waals surface area contributed by atoms with E-state index in [0.29, 0.717) is 16.0 Å². The minimum atomic E-state index is -0.452. The third-order valence-electron chi connectivity index (χ3n) is 3.98. The van der Waals surface area contributed by atoms with Gasteiger partial charge in [0.25, 0.3) is 5.91 Å². The lowest BCUT2D eigenvalue weighted by molar-refractivity contribution is 0.101. The van der Waals surface area contributed by atoms with Crippen LogP contribution in [0.3, 0.4) is 0 Å². The van der Waals surface area contributed by atoms with Crippen LogP contribution >= 0.6 is 11.3 Å². The van der Waals surface area contributed by atoms with Gasteiger partial charge in [0.1, 0.15) is 11.4 Å². The Bertz CT molecular complexity index is 998. The van der Waals surface area contributed by atoms with Crippen LogP contribution in [0.25, 0.3) is 10.3 Å². The lowest BCUT2D eigenvalue weighted by Gasteiger charge is -2.08. The number of benzene rings is 1. The van der Waals surface area contributed by atoms with E-state index in [9.17, 15) is 14.7 Å². The van der Waals surface area contributed by atoms with Crippen molar-refractivity contribution in [2.75, 3.05) is 5.32 Å². The van der Waals surface area contributed by atoms with E-state index in [1.165, 1.54) is 12.1 Å². The average molecular weight is 331 g/mol. The Labute approximate surface area is 134 Å². The number of phenolic OH excluding ortho intramolecular Hbond substituents is 1. The molecule has 0 saturated carbocycles. The Morgan fingerprint density at radius 1 is 1.43 bits per heavy atom. The highest BCUT2D eigenvalue weighted by Crippen LogP contribution is 2.32. The minimum Gasteiger partial charge on any atom is -0.506 e. The zero-order valence-corrected chi connectivity index (χ0v) is 13.1. The second kappa shape index (κ2) is 4.95. The van der Waals surface area contributed by atoms with Crippen molar-refractivity contribution in [3.05, 3.63) is 38.8 Å². The predicted molar refractivity (Wildman–Crippen MR) is 85.2 cm³/mol. The molecule has 8 heteroatoms. The lowest BCUT2D eigenvalue weighted by Crippen LogP contribution is -2.18. The molecule has 0 atom stereocenters.